The van der Waals surface area contributed by atoms with Gasteiger partial charge in [0.15, 0.2) is 0 Å². The molecule has 4 bridgehead atoms. The van der Waals surface area contributed by atoms with Gasteiger partial charge in [0.25, 0.3) is 0 Å². The Kier molecular flexibility index (Phi) is 7.93. The molecule has 4 fully saturated rings. The molecule has 0 radical (unpaired) electrons. The van der Waals surface area contributed by atoms with E-state index < -0.39 is 17.2 Å². The Hall–Kier alpha value is -4.31. The first-order valence-electron chi connectivity index (χ1n) is 20.0. The monoisotopic (exact) mass is 723 g/mol. The van der Waals surface area contributed by atoms with Crippen molar-refractivity contribution in [3.8, 4) is 27.9 Å². The van der Waals surface area contributed by atoms with Crippen LogP contribution in [0.3, 0.4) is 0 Å². The van der Waals surface area contributed by atoms with E-state index in [1.165, 1.54) is 78.6 Å². The standard InChI is InChI=1S/C50H52F3N/c1-30-16-36(21-38(17-30)47(2,3)4)34-12-14-44-41(24-34)42-25-35(37-22-39(48(5,6)7)26-40(23-37)50(51,52)53)13-15-45(42)54(44)46-11-9-8-10-43(46)49-27-31-18-32(28-49)20-33(19-31)29-49/h8-17,21-26,31-33H,18-20,27-29H2,1-7H3. The van der Waals surface area contributed by atoms with Gasteiger partial charge < -0.3 is 4.57 Å². The molecule has 0 aliphatic heterocycles. The molecule has 0 spiro atoms. The summed E-state index contributed by atoms with van der Waals surface area (Å²) in [4.78, 5) is 0. The van der Waals surface area contributed by atoms with Gasteiger partial charge in [-0.25, -0.2) is 0 Å². The third-order valence-corrected chi connectivity index (χ3v) is 13.3. The molecule has 1 heterocycles. The van der Waals surface area contributed by atoms with Gasteiger partial charge in [-0.15, -0.1) is 0 Å². The molecule has 0 N–H and O–H groups in total. The largest absolute Gasteiger partial charge is 0.416 e. The molecule has 4 aliphatic rings. The van der Waals surface area contributed by atoms with Crippen LogP contribution >= 0.6 is 0 Å². The Bertz CT molecular complexity index is 2380. The fourth-order valence-electron chi connectivity index (χ4n) is 11.0. The van der Waals surface area contributed by atoms with Crippen LogP contribution in [0.1, 0.15) is 108 Å². The fourth-order valence-corrected chi connectivity index (χ4v) is 11.0. The maximum Gasteiger partial charge on any atom is 0.416 e. The summed E-state index contributed by atoms with van der Waals surface area (Å²) in [5.74, 6) is 2.47. The van der Waals surface area contributed by atoms with Crippen molar-refractivity contribution in [3.63, 3.8) is 0 Å². The Morgan fingerprint density at radius 1 is 0.537 bits per heavy atom. The van der Waals surface area contributed by atoms with Gasteiger partial charge in [-0.2, -0.15) is 13.2 Å². The van der Waals surface area contributed by atoms with E-state index in [-0.39, 0.29) is 10.8 Å². The van der Waals surface area contributed by atoms with Crippen LogP contribution in [-0.4, -0.2) is 4.57 Å². The lowest BCUT2D eigenvalue weighted by Crippen LogP contribution is -2.48. The number of hydrogen-bond donors (Lipinski definition) is 0. The van der Waals surface area contributed by atoms with E-state index in [1.54, 1.807) is 0 Å². The topological polar surface area (TPSA) is 4.93 Å². The van der Waals surface area contributed by atoms with Gasteiger partial charge in [0.05, 0.1) is 16.6 Å². The van der Waals surface area contributed by atoms with Gasteiger partial charge in [0.2, 0.25) is 0 Å². The highest BCUT2D eigenvalue weighted by Crippen LogP contribution is 2.61. The molecule has 54 heavy (non-hydrogen) atoms. The molecule has 4 saturated carbocycles. The van der Waals surface area contributed by atoms with Crippen LogP contribution in [0.25, 0.3) is 49.7 Å². The summed E-state index contributed by atoms with van der Waals surface area (Å²) in [5.41, 5.74) is 11.0. The summed E-state index contributed by atoms with van der Waals surface area (Å²) < 4.78 is 45.5. The normalized spacial score (nSPS) is 22.8. The molecule has 10 rings (SSSR count). The number of aryl methyl sites for hydroxylation is 1. The summed E-state index contributed by atoms with van der Waals surface area (Å²) in [5, 5.41) is 2.18. The highest BCUT2D eigenvalue weighted by atomic mass is 19.4. The second-order valence-electron chi connectivity index (χ2n) is 19.4. The minimum atomic E-state index is -4.44. The first kappa shape index (κ1) is 35.4. The number of fused-ring (bicyclic) bond motifs is 3. The van der Waals surface area contributed by atoms with Gasteiger partial charge in [-0.05, 0) is 161 Å². The van der Waals surface area contributed by atoms with Crippen molar-refractivity contribution in [3.05, 3.63) is 125 Å². The molecular weight excluding hydrogens is 672 g/mol. The zero-order valence-electron chi connectivity index (χ0n) is 32.8. The SMILES string of the molecule is Cc1cc(-c2ccc3c(c2)c2cc(-c4cc(C(C)(C)C)cc(C(F)(F)F)c4)ccc2n3-c2ccccc2C23CC4CC(CC(C4)C2)C3)cc(C(C)(C)C)c1. The third kappa shape index (κ3) is 5.99. The molecule has 0 unspecified atom stereocenters. The van der Waals surface area contributed by atoms with Crippen LogP contribution < -0.4 is 0 Å². The van der Waals surface area contributed by atoms with Crippen molar-refractivity contribution in [2.75, 3.05) is 0 Å². The van der Waals surface area contributed by atoms with E-state index in [0.717, 1.165) is 50.7 Å². The first-order valence-corrected chi connectivity index (χ1v) is 20.0. The average molecular weight is 724 g/mol. The van der Waals surface area contributed by atoms with Crippen LogP contribution in [0.4, 0.5) is 13.2 Å². The summed E-state index contributed by atoms with van der Waals surface area (Å²) in [6, 6.07) is 33.8. The zero-order valence-corrected chi connectivity index (χ0v) is 32.8. The van der Waals surface area contributed by atoms with Crippen LogP contribution in [-0.2, 0) is 22.4 Å². The molecule has 278 valence electrons. The first-order chi connectivity index (χ1) is 25.4. The molecule has 6 aromatic rings. The van der Waals surface area contributed by atoms with E-state index in [2.05, 4.69) is 105 Å². The van der Waals surface area contributed by atoms with Gasteiger partial charge >= 0.3 is 6.18 Å². The lowest BCUT2D eigenvalue weighted by molar-refractivity contribution is -0.137. The van der Waals surface area contributed by atoms with Gasteiger partial charge in [0, 0.05) is 16.5 Å². The van der Waals surface area contributed by atoms with Crippen molar-refractivity contribution in [1.29, 1.82) is 0 Å². The van der Waals surface area contributed by atoms with Crippen molar-refractivity contribution < 1.29 is 13.2 Å². The number of alkyl halides is 3. The minimum Gasteiger partial charge on any atom is -0.309 e. The summed E-state index contributed by atoms with van der Waals surface area (Å²) in [7, 11) is 0. The van der Waals surface area contributed by atoms with E-state index in [1.807, 2.05) is 32.9 Å². The summed E-state index contributed by atoms with van der Waals surface area (Å²) >= 11 is 0. The maximum atomic E-state index is 14.3. The third-order valence-electron chi connectivity index (χ3n) is 13.3. The quantitative estimate of drug-likeness (QED) is 0.171. The molecular formula is C50H52F3N. The van der Waals surface area contributed by atoms with Crippen LogP contribution in [0.15, 0.2) is 97.1 Å². The highest BCUT2D eigenvalue weighted by molar-refractivity contribution is 6.11. The Labute approximate surface area is 318 Å². The molecule has 1 nitrogen and oxygen atoms in total. The number of hydrogen-bond acceptors (Lipinski definition) is 0. The molecule has 0 saturated heterocycles. The average Bonchev–Trinajstić information content (AvgIpc) is 3.42. The number of halogens is 3. The fraction of sp³-hybridized carbons (Fsp3) is 0.400. The zero-order chi connectivity index (χ0) is 37.9. The number of aromatic nitrogens is 1. The molecule has 1 aromatic heterocycles. The summed E-state index contributed by atoms with van der Waals surface area (Å²) in [6.45, 7) is 14.8. The molecule has 4 heteroatoms. The molecule has 0 amide bonds. The Balaban J connectivity index is 1.29. The lowest BCUT2D eigenvalue weighted by Gasteiger charge is -2.57. The molecule has 5 aromatic carbocycles. The van der Waals surface area contributed by atoms with E-state index in [4.69, 9.17) is 0 Å². The number of benzene rings is 5. The predicted octanol–water partition coefficient (Wildman–Crippen LogP) is 14.5. The predicted molar refractivity (Wildman–Crippen MR) is 219 cm³/mol. The van der Waals surface area contributed by atoms with E-state index in [0.29, 0.717) is 11.1 Å². The smallest absolute Gasteiger partial charge is 0.309 e. The van der Waals surface area contributed by atoms with Crippen molar-refractivity contribution in [1.82, 2.24) is 4.57 Å². The van der Waals surface area contributed by atoms with Crippen molar-refractivity contribution in [2.45, 2.75) is 109 Å². The van der Waals surface area contributed by atoms with Crippen LogP contribution in [0.2, 0.25) is 0 Å². The van der Waals surface area contributed by atoms with Crippen molar-refractivity contribution >= 4 is 21.8 Å². The lowest BCUT2D eigenvalue weighted by atomic mass is 9.48. The number of nitrogens with zero attached hydrogens (tertiary/aromatic N) is 1. The highest BCUT2D eigenvalue weighted by Gasteiger charge is 2.52. The second-order valence-corrected chi connectivity index (χ2v) is 19.4. The van der Waals surface area contributed by atoms with E-state index >= 15 is 0 Å². The van der Waals surface area contributed by atoms with Gasteiger partial charge in [-0.1, -0.05) is 102 Å². The molecule has 4 aliphatic carbocycles. The van der Waals surface area contributed by atoms with E-state index in [9.17, 15) is 13.2 Å². The Morgan fingerprint density at radius 2 is 1.02 bits per heavy atom. The van der Waals surface area contributed by atoms with Crippen LogP contribution in [0.5, 0.6) is 0 Å². The second kappa shape index (κ2) is 12.1. The maximum absolute atomic E-state index is 14.3. The minimum absolute atomic E-state index is 0.00756. The van der Waals surface area contributed by atoms with Gasteiger partial charge in [0.1, 0.15) is 0 Å². The van der Waals surface area contributed by atoms with Crippen molar-refractivity contribution in [2.24, 2.45) is 17.8 Å². The van der Waals surface area contributed by atoms with Crippen LogP contribution in [0, 0.1) is 24.7 Å². The van der Waals surface area contributed by atoms with Gasteiger partial charge in [-0.3, -0.25) is 0 Å². The number of rotatable bonds is 4. The molecule has 0 atom stereocenters. The Morgan fingerprint density at radius 3 is 1.54 bits per heavy atom. The number of para-hydroxylation sites is 1. The summed E-state index contributed by atoms with van der Waals surface area (Å²) in [6.07, 6.45) is 3.57.